The predicted octanol–water partition coefficient (Wildman–Crippen LogP) is 2.37. The number of ether oxygens (including phenoxy) is 1. The van der Waals surface area contributed by atoms with E-state index in [-0.39, 0.29) is 11.8 Å². The van der Waals surface area contributed by atoms with Gasteiger partial charge in [0.1, 0.15) is 5.69 Å². The fraction of sp³-hybridized carbons (Fsp3) is 0.368. The Hall–Kier alpha value is -2.60. The van der Waals surface area contributed by atoms with Crippen molar-refractivity contribution in [1.29, 1.82) is 0 Å². The minimum atomic E-state index is -0.185. The summed E-state index contributed by atoms with van der Waals surface area (Å²) in [5.74, 6) is -0.219. The van der Waals surface area contributed by atoms with Crippen molar-refractivity contribution in [3.8, 4) is 0 Å². The topological polar surface area (TPSA) is 63.6 Å². The first-order valence-electron chi connectivity index (χ1n) is 8.38. The van der Waals surface area contributed by atoms with E-state index in [0.29, 0.717) is 43.2 Å². The van der Waals surface area contributed by atoms with Gasteiger partial charge in [0.05, 0.1) is 13.2 Å². The van der Waals surface area contributed by atoms with Crippen molar-refractivity contribution in [1.82, 2.24) is 9.47 Å². The van der Waals surface area contributed by atoms with Crippen LogP contribution < -0.4 is 5.32 Å². The lowest BCUT2D eigenvalue weighted by atomic mass is 10.1. The molecule has 1 saturated heterocycles. The monoisotopic (exact) mass is 341 g/mol. The Labute approximate surface area is 147 Å². The zero-order chi connectivity index (χ0) is 18.0. The molecule has 0 radical (unpaired) electrons. The van der Waals surface area contributed by atoms with Crippen molar-refractivity contribution < 1.29 is 14.3 Å². The Morgan fingerprint density at radius 1 is 1.08 bits per heavy atom. The average molecular weight is 341 g/mol. The number of benzene rings is 1. The lowest BCUT2D eigenvalue weighted by Crippen LogP contribution is -2.40. The normalized spacial score (nSPS) is 14.4. The van der Waals surface area contributed by atoms with Gasteiger partial charge in [-0.25, -0.2) is 0 Å². The molecule has 0 unspecified atom stereocenters. The van der Waals surface area contributed by atoms with E-state index in [0.717, 1.165) is 11.3 Å². The van der Waals surface area contributed by atoms with E-state index in [9.17, 15) is 9.59 Å². The van der Waals surface area contributed by atoms with E-state index in [4.69, 9.17) is 4.74 Å². The number of morpholine rings is 1. The van der Waals surface area contributed by atoms with Gasteiger partial charge in [0.25, 0.3) is 11.8 Å². The van der Waals surface area contributed by atoms with E-state index >= 15 is 0 Å². The molecule has 0 saturated carbocycles. The smallest absolute Gasteiger partial charge is 0.272 e. The SMILES string of the molecule is Cc1ccc(C(=O)N2CCOCC2)cc1NC(=O)c1ccc(C)n1C. The Bertz CT molecular complexity index is 804. The molecule has 1 aromatic heterocycles. The van der Waals surface area contributed by atoms with Gasteiger partial charge >= 0.3 is 0 Å². The fourth-order valence-corrected chi connectivity index (χ4v) is 2.87. The zero-order valence-electron chi connectivity index (χ0n) is 14.8. The van der Waals surface area contributed by atoms with Gasteiger partial charge in [-0.3, -0.25) is 9.59 Å². The van der Waals surface area contributed by atoms with Crippen LogP contribution in [0.4, 0.5) is 5.69 Å². The molecule has 0 aliphatic carbocycles. The number of carbonyl (C=O) groups is 2. The Morgan fingerprint density at radius 3 is 2.44 bits per heavy atom. The van der Waals surface area contributed by atoms with Gasteiger partial charge in [-0.2, -0.15) is 0 Å². The summed E-state index contributed by atoms with van der Waals surface area (Å²) in [4.78, 5) is 26.9. The number of aromatic nitrogens is 1. The second kappa shape index (κ2) is 7.11. The van der Waals surface area contributed by atoms with Crippen molar-refractivity contribution in [3.05, 3.63) is 52.8 Å². The Kier molecular flexibility index (Phi) is 4.90. The van der Waals surface area contributed by atoms with Crippen molar-refractivity contribution >= 4 is 17.5 Å². The summed E-state index contributed by atoms with van der Waals surface area (Å²) < 4.78 is 7.13. The number of anilines is 1. The molecule has 2 heterocycles. The molecular weight excluding hydrogens is 318 g/mol. The molecule has 6 heteroatoms. The molecule has 0 bridgehead atoms. The largest absolute Gasteiger partial charge is 0.378 e. The van der Waals surface area contributed by atoms with Crippen LogP contribution >= 0.6 is 0 Å². The van der Waals surface area contributed by atoms with Crippen LogP contribution in [-0.2, 0) is 11.8 Å². The van der Waals surface area contributed by atoms with Crippen molar-refractivity contribution in [3.63, 3.8) is 0 Å². The molecule has 1 aliphatic heterocycles. The number of aryl methyl sites for hydroxylation is 2. The van der Waals surface area contributed by atoms with Crippen LogP contribution in [0, 0.1) is 13.8 Å². The minimum Gasteiger partial charge on any atom is -0.378 e. The van der Waals surface area contributed by atoms with E-state index in [2.05, 4.69) is 5.32 Å². The maximum absolute atomic E-state index is 12.6. The summed E-state index contributed by atoms with van der Waals surface area (Å²) >= 11 is 0. The molecule has 2 aromatic rings. The molecule has 1 fully saturated rings. The fourth-order valence-electron chi connectivity index (χ4n) is 2.87. The van der Waals surface area contributed by atoms with Crippen LogP contribution in [-0.4, -0.2) is 47.6 Å². The summed E-state index contributed by atoms with van der Waals surface area (Å²) in [6.07, 6.45) is 0. The third-order valence-corrected chi connectivity index (χ3v) is 4.64. The van der Waals surface area contributed by atoms with Crippen molar-refractivity contribution in [2.75, 3.05) is 31.6 Å². The minimum absolute atomic E-state index is 0.0338. The van der Waals surface area contributed by atoms with Gasteiger partial charge in [0.2, 0.25) is 0 Å². The second-order valence-electron chi connectivity index (χ2n) is 6.31. The number of nitrogens with zero attached hydrogens (tertiary/aromatic N) is 2. The zero-order valence-corrected chi connectivity index (χ0v) is 14.8. The summed E-state index contributed by atoms with van der Waals surface area (Å²) in [5.41, 5.74) is 3.74. The van der Waals surface area contributed by atoms with Gasteiger partial charge in [-0.15, -0.1) is 0 Å². The van der Waals surface area contributed by atoms with Crippen LogP contribution in [0.1, 0.15) is 32.1 Å². The maximum Gasteiger partial charge on any atom is 0.272 e. The second-order valence-corrected chi connectivity index (χ2v) is 6.31. The molecule has 3 rings (SSSR count). The summed E-state index contributed by atoms with van der Waals surface area (Å²) in [5, 5.41) is 2.92. The molecule has 0 spiro atoms. The van der Waals surface area contributed by atoms with E-state index in [1.54, 1.807) is 23.1 Å². The molecule has 132 valence electrons. The highest BCUT2D eigenvalue weighted by Gasteiger charge is 2.20. The molecule has 25 heavy (non-hydrogen) atoms. The number of hydrogen-bond donors (Lipinski definition) is 1. The first-order valence-corrected chi connectivity index (χ1v) is 8.38. The molecular formula is C19H23N3O3. The standard InChI is InChI=1S/C19H23N3O3/c1-13-4-6-15(19(24)22-8-10-25-11-9-22)12-16(13)20-18(23)17-7-5-14(2)21(17)3/h4-7,12H,8-11H2,1-3H3,(H,20,23). The highest BCUT2D eigenvalue weighted by molar-refractivity contribution is 6.04. The highest BCUT2D eigenvalue weighted by Crippen LogP contribution is 2.20. The number of carbonyl (C=O) groups excluding carboxylic acids is 2. The molecule has 6 nitrogen and oxygen atoms in total. The number of nitrogens with one attached hydrogen (secondary N) is 1. The van der Waals surface area contributed by atoms with Gasteiger partial charge in [0, 0.05) is 37.1 Å². The molecule has 0 atom stereocenters. The summed E-state index contributed by atoms with van der Waals surface area (Å²) in [6.45, 7) is 6.18. The van der Waals surface area contributed by atoms with Gasteiger partial charge in [0.15, 0.2) is 0 Å². The van der Waals surface area contributed by atoms with Gasteiger partial charge in [-0.1, -0.05) is 6.07 Å². The third-order valence-electron chi connectivity index (χ3n) is 4.64. The van der Waals surface area contributed by atoms with Gasteiger partial charge < -0.3 is 19.5 Å². The first-order chi connectivity index (χ1) is 12.0. The van der Waals surface area contributed by atoms with Crippen molar-refractivity contribution in [2.45, 2.75) is 13.8 Å². The Morgan fingerprint density at radius 2 is 1.80 bits per heavy atom. The van der Waals surface area contributed by atoms with Crippen LogP contribution in [0.15, 0.2) is 30.3 Å². The molecule has 1 N–H and O–H groups in total. The lowest BCUT2D eigenvalue weighted by Gasteiger charge is -2.27. The van der Waals surface area contributed by atoms with E-state index in [1.165, 1.54) is 0 Å². The summed E-state index contributed by atoms with van der Waals surface area (Å²) in [7, 11) is 1.86. The number of amides is 2. The van der Waals surface area contributed by atoms with Crippen LogP contribution in [0.25, 0.3) is 0 Å². The lowest BCUT2D eigenvalue weighted by molar-refractivity contribution is 0.0303. The number of rotatable bonds is 3. The molecule has 2 amide bonds. The van der Waals surface area contributed by atoms with Gasteiger partial charge in [-0.05, 0) is 43.7 Å². The Balaban J connectivity index is 1.80. The summed E-state index contributed by atoms with van der Waals surface area (Å²) in [6, 6.07) is 9.11. The third kappa shape index (κ3) is 3.58. The molecule has 1 aromatic carbocycles. The average Bonchev–Trinajstić information content (AvgIpc) is 2.96. The van der Waals surface area contributed by atoms with Crippen LogP contribution in [0.3, 0.4) is 0 Å². The van der Waals surface area contributed by atoms with E-state index < -0.39 is 0 Å². The van der Waals surface area contributed by atoms with Crippen LogP contribution in [0.2, 0.25) is 0 Å². The maximum atomic E-state index is 12.6. The predicted molar refractivity (Wildman–Crippen MR) is 96.0 cm³/mol. The first kappa shape index (κ1) is 17.2. The van der Waals surface area contributed by atoms with Crippen LogP contribution in [0.5, 0.6) is 0 Å². The highest BCUT2D eigenvalue weighted by atomic mass is 16.5. The van der Waals surface area contributed by atoms with E-state index in [1.807, 2.05) is 37.6 Å². The van der Waals surface area contributed by atoms with Crippen molar-refractivity contribution in [2.24, 2.45) is 7.05 Å². The quantitative estimate of drug-likeness (QED) is 0.932. The molecule has 1 aliphatic rings. The number of hydrogen-bond acceptors (Lipinski definition) is 3.